The second-order valence-corrected chi connectivity index (χ2v) is 4.84. The van der Waals surface area contributed by atoms with Crippen molar-refractivity contribution in [1.82, 2.24) is 0 Å². The van der Waals surface area contributed by atoms with Crippen LogP contribution in [0.15, 0.2) is 54.6 Å². The van der Waals surface area contributed by atoms with E-state index in [0.717, 1.165) is 12.1 Å². The Morgan fingerprint density at radius 2 is 1.55 bits per heavy atom. The molecule has 0 amide bonds. The SMILES string of the molecule is O=C(O)C(Oc1ccccc1)(c1ccc(Cl)cc1)C(F)(F)F. The molecule has 0 heterocycles. The summed E-state index contributed by atoms with van der Waals surface area (Å²) in [5, 5.41) is 9.45. The fourth-order valence-electron chi connectivity index (χ4n) is 1.92. The third-order valence-corrected chi connectivity index (χ3v) is 3.22. The number of carboxylic acid groups (broad SMARTS) is 1. The molecule has 0 radical (unpaired) electrons. The van der Waals surface area contributed by atoms with Gasteiger partial charge in [-0.1, -0.05) is 41.9 Å². The van der Waals surface area contributed by atoms with E-state index in [4.69, 9.17) is 16.3 Å². The smallest absolute Gasteiger partial charge is 0.444 e. The van der Waals surface area contributed by atoms with Crippen LogP contribution in [0.5, 0.6) is 5.75 Å². The van der Waals surface area contributed by atoms with Crippen LogP contribution in [0.1, 0.15) is 5.56 Å². The third kappa shape index (κ3) is 2.87. The quantitative estimate of drug-likeness (QED) is 0.911. The molecule has 3 nitrogen and oxygen atoms in total. The molecule has 0 saturated carbocycles. The van der Waals surface area contributed by atoms with E-state index in [-0.39, 0.29) is 10.8 Å². The van der Waals surface area contributed by atoms with Gasteiger partial charge < -0.3 is 9.84 Å². The molecule has 0 aliphatic carbocycles. The lowest BCUT2D eigenvalue weighted by Crippen LogP contribution is -2.53. The highest BCUT2D eigenvalue weighted by Crippen LogP contribution is 2.43. The lowest BCUT2D eigenvalue weighted by Gasteiger charge is -2.32. The van der Waals surface area contributed by atoms with Crippen molar-refractivity contribution in [3.63, 3.8) is 0 Å². The maximum Gasteiger partial charge on any atom is 0.444 e. The summed E-state index contributed by atoms with van der Waals surface area (Å²) in [7, 11) is 0. The molecule has 0 bridgehead atoms. The summed E-state index contributed by atoms with van der Waals surface area (Å²) in [6, 6.07) is 11.3. The number of rotatable bonds is 4. The van der Waals surface area contributed by atoms with Gasteiger partial charge in [-0.3, -0.25) is 0 Å². The maximum atomic E-state index is 13.6. The van der Waals surface area contributed by atoms with E-state index in [1.807, 2.05) is 0 Å². The van der Waals surface area contributed by atoms with E-state index in [9.17, 15) is 23.1 Å². The van der Waals surface area contributed by atoms with Crippen molar-refractivity contribution in [2.45, 2.75) is 11.8 Å². The fourth-order valence-corrected chi connectivity index (χ4v) is 2.04. The van der Waals surface area contributed by atoms with Gasteiger partial charge in [0.25, 0.3) is 0 Å². The van der Waals surface area contributed by atoms with Crippen molar-refractivity contribution in [2.75, 3.05) is 0 Å². The lowest BCUT2D eigenvalue weighted by atomic mass is 9.92. The maximum absolute atomic E-state index is 13.6. The van der Waals surface area contributed by atoms with Crippen LogP contribution in [0.25, 0.3) is 0 Å². The lowest BCUT2D eigenvalue weighted by molar-refractivity contribution is -0.255. The first-order valence-electron chi connectivity index (χ1n) is 6.07. The molecule has 0 spiro atoms. The van der Waals surface area contributed by atoms with Crippen molar-refractivity contribution >= 4 is 17.6 Å². The summed E-state index contributed by atoms with van der Waals surface area (Å²) >= 11 is 5.65. The van der Waals surface area contributed by atoms with Crippen molar-refractivity contribution in [1.29, 1.82) is 0 Å². The highest BCUT2D eigenvalue weighted by Gasteiger charge is 2.65. The first-order valence-corrected chi connectivity index (χ1v) is 6.45. The van der Waals surface area contributed by atoms with Gasteiger partial charge in [0.05, 0.1) is 0 Å². The van der Waals surface area contributed by atoms with Gasteiger partial charge in [0.1, 0.15) is 5.75 Å². The highest BCUT2D eigenvalue weighted by molar-refractivity contribution is 6.30. The van der Waals surface area contributed by atoms with Gasteiger partial charge >= 0.3 is 17.7 Å². The fraction of sp³-hybridized carbons (Fsp3) is 0.133. The molecule has 2 aromatic rings. The van der Waals surface area contributed by atoms with Gasteiger partial charge in [-0.15, -0.1) is 0 Å². The molecule has 2 aromatic carbocycles. The van der Waals surface area contributed by atoms with E-state index >= 15 is 0 Å². The minimum atomic E-state index is -5.18. The zero-order valence-corrected chi connectivity index (χ0v) is 11.7. The molecule has 1 atom stereocenters. The molecular formula is C15H10ClF3O3. The van der Waals surface area contributed by atoms with Crippen molar-refractivity contribution < 1.29 is 27.8 Å². The molecule has 116 valence electrons. The van der Waals surface area contributed by atoms with Gasteiger partial charge in [0, 0.05) is 10.6 Å². The first-order chi connectivity index (χ1) is 10.3. The van der Waals surface area contributed by atoms with Crippen LogP contribution in [0.2, 0.25) is 5.02 Å². The first kappa shape index (κ1) is 16.2. The molecule has 0 aromatic heterocycles. The molecular weight excluding hydrogens is 321 g/mol. The number of ether oxygens (including phenoxy) is 1. The van der Waals surface area contributed by atoms with Crippen LogP contribution in [0.3, 0.4) is 0 Å². The van der Waals surface area contributed by atoms with E-state index in [2.05, 4.69) is 0 Å². The van der Waals surface area contributed by atoms with Crippen LogP contribution < -0.4 is 4.74 Å². The minimum absolute atomic E-state index is 0.185. The Morgan fingerprint density at radius 1 is 1.00 bits per heavy atom. The zero-order chi connectivity index (χ0) is 16.4. The number of aliphatic carboxylic acids is 1. The average Bonchev–Trinajstić information content (AvgIpc) is 2.45. The Labute approximate surface area is 128 Å². The Kier molecular flexibility index (Phi) is 4.32. The van der Waals surface area contributed by atoms with Crippen molar-refractivity contribution in [2.24, 2.45) is 0 Å². The Bertz CT molecular complexity index is 656. The van der Waals surface area contributed by atoms with Crippen LogP contribution in [0.4, 0.5) is 13.2 Å². The standard InChI is InChI=1S/C15H10ClF3O3/c16-11-8-6-10(7-9-11)14(13(20)21,15(17,18)19)22-12-4-2-1-3-5-12/h1-9H,(H,20,21). The predicted molar refractivity (Wildman–Crippen MR) is 73.9 cm³/mol. The van der Waals surface area contributed by atoms with Gasteiger partial charge in [-0.25, -0.2) is 4.79 Å². The average molecular weight is 331 g/mol. The second kappa shape index (κ2) is 5.88. The monoisotopic (exact) mass is 330 g/mol. The number of halogens is 4. The summed E-state index contributed by atoms with van der Waals surface area (Å²) in [6.45, 7) is 0. The zero-order valence-electron chi connectivity index (χ0n) is 11.0. The van der Waals surface area contributed by atoms with Gasteiger partial charge in [-0.2, -0.15) is 13.2 Å². The van der Waals surface area contributed by atoms with Crippen LogP contribution in [0, 0.1) is 0 Å². The normalized spacial score (nSPS) is 14.2. The summed E-state index contributed by atoms with van der Waals surface area (Å²) < 4.78 is 45.6. The summed E-state index contributed by atoms with van der Waals surface area (Å²) in [5.41, 5.74) is -4.08. The molecule has 22 heavy (non-hydrogen) atoms. The van der Waals surface area contributed by atoms with Crippen molar-refractivity contribution in [3.8, 4) is 5.75 Å². The molecule has 2 rings (SSSR count). The number of carbonyl (C=O) groups is 1. The molecule has 7 heteroatoms. The number of alkyl halides is 3. The number of hydrogen-bond donors (Lipinski definition) is 1. The van der Waals surface area contributed by atoms with Crippen LogP contribution >= 0.6 is 11.6 Å². The molecule has 0 aliphatic rings. The third-order valence-electron chi connectivity index (χ3n) is 2.97. The second-order valence-electron chi connectivity index (χ2n) is 4.41. The van der Waals surface area contributed by atoms with E-state index in [1.165, 1.54) is 36.4 Å². The predicted octanol–water partition coefficient (Wildman–Crippen LogP) is 4.26. The molecule has 1 unspecified atom stereocenters. The van der Waals surface area contributed by atoms with Crippen LogP contribution in [-0.2, 0) is 10.4 Å². The summed E-state index contributed by atoms with van der Waals surface area (Å²) in [5.74, 6) is -2.37. The Morgan fingerprint density at radius 3 is 2.00 bits per heavy atom. The largest absolute Gasteiger partial charge is 0.478 e. The Balaban J connectivity index is 2.62. The molecule has 0 aliphatic heterocycles. The molecule has 0 saturated heterocycles. The minimum Gasteiger partial charge on any atom is -0.478 e. The van der Waals surface area contributed by atoms with Gasteiger partial charge in [0.2, 0.25) is 0 Å². The number of hydrogen-bond acceptors (Lipinski definition) is 2. The summed E-state index contributed by atoms with van der Waals surface area (Å²) in [4.78, 5) is 11.5. The number of carboxylic acids is 1. The Hall–Kier alpha value is -2.21. The topological polar surface area (TPSA) is 46.5 Å². The van der Waals surface area contributed by atoms with E-state index in [1.54, 1.807) is 6.07 Å². The van der Waals surface area contributed by atoms with E-state index < -0.39 is 23.3 Å². The molecule has 1 N–H and O–H groups in total. The number of para-hydroxylation sites is 1. The highest BCUT2D eigenvalue weighted by atomic mass is 35.5. The van der Waals surface area contributed by atoms with Crippen LogP contribution in [-0.4, -0.2) is 17.3 Å². The van der Waals surface area contributed by atoms with E-state index in [0.29, 0.717) is 0 Å². The molecule has 0 fully saturated rings. The van der Waals surface area contributed by atoms with Gasteiger partial charge in [0.15, 0.2) is 0 Å². The van der Waals surface area contributed by atoms with Crippen molar-refractivity contribution in [3.05, 3.63) is 65.2 Å². The number of benzene rings is 2. The van der Waals surface area contributed by atoms with Gasteiger partial charge in [-0.05, 0) is 24.3 Å². The summed E-state index contributed by atoms with van der Waals surface area (Å²) in [6.07, 6.45) is -5.18.